The Morgan fingerprint density at radius 1 is 1.11 bits per heavy atom. The summed E-state index contributed by atoms with van der Waals surface area (Å²) >= 11 is 17.0. The van der Waals surface area contributed by atoms with Crippen molar-refractivity contribution in [2.24, 2.45) is 5.92 Å². The van der Waals surface area contributed by atoms with Crippen molar-refractivity contribution in [3.8, 4) is 0 Å². The molecule has 2 amide bonds. The van der Waals surface area contributed by atoms with Gasteiger partial charge in [0.25, 0.3) is 5.91 Å². The molecule has 1 heterocycles. The van der Waals surface area contributed by atoms with E-state index in [1.807, 2.05) is 37.5 Å². The molecule has 0 aliphatic heterocycles. The first-order chi connectivity index (χ1) is 17.5. The van der Waals surface area contributed by atoms with Gasteiger partial charge in [-0.05, 0) is 74.6 Å². The molecule has 0 saturated carbocycles. The van der Waals surface area contributed by atoms with E-state index in [0.29, 0.717) is 34.5 Å². The molecule has 0 aliphatic rings. The number of aromatic nitrogens is 3. The summed E-state index contributed by atoms with van der Waals surface area (Å²) < 4.78 is 2.91. The number of amides is 2. The molecule has 198 valence electrons. The van der Waals surface area contributed by atoms with Crippen molar-refractivity contribution in [1.29, 1.82) is 0 Å². The van der Waals surface area contributed by atoms with Crippen molar-refractivity contribution < 1.29 is 9.59 Å². The summed E-state index contributed by atoms with van der Waals surface area (Å²) in [6.07, 6.45) is 0.655. The number of hydrogen-bond acceptors (Lipinski definition) is 5. The fourth-order valence-electron chi connectivity index (χ4n) is 3.99. The summed E-state index contributed by atoms with van der Waals surface area (Å²) in [6, 6.07) is 8.33. The predicted molar refractivity (Wildman–Crippen MR) is 155 cm³/mol. The van der Waals surface area contributed by atoms with Crippen LogP contribution in [0.1, 0.15) is 60.5 Å². The maximum atomic E-state index is 13.1. The number of nitrogens with zero attached hydrogens (tertiary/aromatic N) is 3. The Labute approximate surface area is 240 Å². The molecule has 0 unspecified atom stereocenters. The molecule has 0 aliphatic carbocycles. The third-order valence-corrected chi connectivity index (χ3v) is 7.63. The Bertz CT molecular complexity index is 1270. The van der Waals surface area contributed by atoms with Crippen molar-refractivity contribution in [2.75, 3.05) is 11.1 Å². The van der Waals surface area contributed by atoms with Gasteiger partial charge >= 0.3 is 0 Å². The monoisotopic (exact) mass is 625 g/mol. The van der Waals surface area contributed by atoms with E-state index in [2.05, 4.69) is 50.6 Å². The zero-order valence-electron chi connectivity index (χ0n) is 21.4. The highest BCUT2D eigenvalue weighted by Crippen LogP contribution is 2.28. The number of anilines is 1. The van der Waals surface area contributed by atoms with Crippen LogP contribution in [0.2, 0.25) is 10.0 Å². The standard InChI is InChI=1S/C26H30BrCl2N5O2S/c1-6-34-24(21(9-14(2)3)30-25(36)19-8-7-18(28)12-20(19)29)32-33-26(34)37-13-22(35)31-23-15(4)10-17(27)11-16(23)5/h7-8,10-12,14,21H,6,9,13H2,1-5H3,(H,30,36)(H,31,35)/t21-/m0/s1. The molecule has 2 aromatic carbocycles. The lowest BCUT2D eigenvalue weighted by molar-refractivity contribution is -0.113. The minimum Gasteiger partial charge on any atom is -0.342 e. The molecule has 0 spiro atoms. The van der Waals surface area contributed by atoms with Crippen LogP contribution >= 0.6 is 50.9 Å². The van der Waals surface area contributed by atoms with Crippen molar-refractivity contribution in [3.05, 3.63) is 67.4 Å². The minimum atomic E-state index is -0.386. The maximum absolute atomic E-state index is 13.1. The van der Waals surface area contributed by atoms with Gasteiger partial charge in [-0.3, -0.25) is 9.59 Å². The van der Waals surface area contributed by atoms with Crippen LogP contribution < -0.4 is 10.6 Å². The molecule has 0 saturated heterocycles. The third-order valence-electron chi connectivity index (χ3n) is 5.66. The second-order valence-corrected chi connectivity index (χ2v) is 11.8. The molecule has 1 atom stereocenters. The first-order valence-electron chi connectivity index (χ1n) is 11.9. The van der Waals surface area contributed by atoms with Crippen molar-refractivity contribution in [3.63, 3.8) is 0 Å². The lowest BCUT2D eigenvalue weighted by Gasteiger charge is -2.21. The molecule has 2 N–H and O–H groups in total. The van der Waals surface area contributed by atoms with E-state index in [-0.39, 0.29) is 34.5 Å². The number of carbonyl (C=O) groups is 2. The fourth-order valence-corrected chi connectivity index (χ4v) is 5.98. The van der Waals surface area contributed by atoms with Gasteiger partial charge in [-0.2, -0.15) is 0 Å². The SMILES string of the molecule is CCn1c(SCC(=O)Nc2c(C)cc(Br)cc2C)nnc1[C@H](CC(C)C)NC(=O)c1ccc(Cl)cc1Cl. The molecule has 0 bridgehead atoms. The highest BCUT2D eigenvalue weighted by molar-refractivity contribution is 9.10. The van der Waals surface area contributed by atoms with E-state index in [9.17, 15) is 9.59 Å². The largest absolute Gasteiger partial charge is 0.342 e. The molecule has 3 rings (SSSR count). The second-order valence-electron chi connectivity index (χ2n) is 9.12. The Balaban J connectivity index is 1.76. The number of nitrogens with one attached hydrogen (secondary N) is 2. The van der Waals surface area contributed by atoms with Gasteiger partial charge in [0.2, 0.25) is 5.91 Å². The lowest BCUT2D eigenvalue weighted by atomic mass is 10.0. The summed E-state index contributed by atoms with van der Waals surface area (Å²) in [5, 5.41) is 16.2. The molecular formula is C26H30BrCl2N5O2S. The number of halogens is 3. The number of carbonyl (C=O) groups excluding carboxylic acids is 2. The van der Waals surface area contributed by atoms with Crippen LogP contribution in [-0.2, 0) is 11.3 Å². The van der Waals surface area contributed by atoms with Crippen LogP contribution in [0, 0.1) is 19.8 Å². The smallest absolute Gasteiger partial charge is 0.253 e. The Hall–Kier alpha value is -2.07. The zero-order chi connectivity index (χ0) is 27.3. The highest BCUT2D eigenvalue weighted by atomic mass is 79.9. The van der Waals surface area contributed by atoms with Gasteiger partial charge in [-0.15, -0.1) is 10.2 Å². The average molecular weight is 627 g/mol. The zero-order valence-corrected chi connectivity index (χ0v) is 25.3. The number of benzene rings is 2. The Morgan fingerprint density at radius 3 is 2.38 bits per heavy atom. The molecule has 3 aromatic rings. The van der Waals surface area contributed by atoms with Gasteiger partial charge in [0, 0.05) is 21.7 Å². The van der Waals surface area contributed by atoms with Crippen molar-refractivity contribution in [2.45, 2.75) is 58.8 Å². The highest BCUT2D eigenvalue weighted by Gasteiger charge is 2.25. The Morgan fingerprint density at radius 2 is 1.78 bits per heavy atom. The Kier molecular flexibility index (Phi) is 10.5. The lowest BCUT2D eigenvalue weighted by Crippen LogP contribution is -2.32. The van der Waals surface area contributed by atoms with E-state index >= 15 is 0 Å². The predicted octanol–water partition coefficient (Wildman–Crippen LogP) is 7.23. The number of rotatable bonds is 10. The van der Waals surface area contributed by atoms with E-state index < -0.39 is 0 Å². The second kappa shape index (κ2) is 13.1. The summed E-state index contributed by atoms with van der Waals surface area (Å²) in [5.41, 5.74) is 3.12. The van der Waals surface area contributed by atoms with E-state index in [1.165, 1.54) is 11.8 Å². The van der Waals surface area contributed by atoms with Crippen LogP contribution in [0.25, 0.3) is 0 Å². The summed E-state index contributed by atoms with van der Waals surface area (Å²) in [7, 11) is 0. The van der Waals surface area contributed by atoms with Crippen LogP contribution in [0.3, 0.4) is 0 Å². The summed E-state index contributed by atoms with van der Waals surface area (Å²) in [5.74, 6) is 0.653. The van der Waals surface area contributed by atoms with Crippen molar-refractivity contribution in [1.82, 2.24) is 20.1 Å². The van der Waals surface area contributed by atoms with Gasteiger partial charge in [0.05, 0.1) is 22.4 Å². The summed E-state index contributed by atoms with van der Waals surface area (Å²) in [4.78, 5) is 25.8. The van der Waals surface area contributed by atoms with E-state index in [4.69, 9.17) is 23.2 Å². The quantitative estimate of drug-likeness (QED) is 0.232. The van der Waals surface area contributed by atoms with Crippen LogP contribution in [0.5, 0.6) is 0 Å². The summed E-state index contributed by atoms with van der Waals surface area (Å²) in [6.45, 7) is 10.6. The van der Waals surface area contributed by atoms with Crippen LogP contribution in [0.15, 0.2) is 40.0 Å². The fraction of sp³-hybridized carbons (Fsp3) is 0.385. The van der Waals surface area contributed by atoms with Gasteiger partial charge in [-0.25, -0.2) is 0 Å². The number of aryl methyl sites for hydroxylation is 2. The van der Waals surface area contributed by atoms with Gasteiger partial charge in [0.1, 0.15) is 0 Å². The topological polar surface area (TPSA) is 88.9 Å². The number of hydrogen-bond donors (Lipinski definition) is 2. The van der Waals surface area contributed by atoms with Crippen LogP contribution in [0.4, 0.5) is 5.69 Å². The van der Waals surface area contributed by atoms with Gasteiger partial charge < -0.3 is 15.2 Å². The van der Waals surface area contributed by atoms with Gasteiger partial charge in [-0.1, -0.05) is 64.7 Å². The van der Waals surface area contributed by atoms with E-state index in [1.54, 1.807) is 18.2 Å². The third kappa shape index (κ3) is 7.72. The molecule has 37 heavy (non-hydrogen) atoms. The van der Waals surface area contributed by atoms with E-state index in [0.717, 1.165) is 21.3 Å². The maximum Gasteiger partial charge on any atom is 0.253 e. The molecule has 0 fully saturated rings. The van der Waals surface area contributed by atoms with Crippen molar-refractivity contribution >= 4 is 68.4 Å². The molecular weight excluding hydrogens is 597 g/mol. The molecule has 1 aromatic heterocycles. The average Bonchev–Trinajstić information content (AvgIpc) is 3.22. The molecule has 7 nitrogen and oxygen atoms in total. The molecule has 11 heteroatoms. The number of thioether (sulfide) groups is 1. The first kappa shape index (κ1) is 29.5. The normalized spacial score (nSPS) is 12.0. The van der Waals surface area contributed by atoms with Crippen LogP contribution in [-0.4, -0.2) is 32.3 Å². The minimum absolute atomic E-state index is 0.130. The van der Waals surface area contributed by atoms with Gasteiger partial charge in [0.15, 0.2) is 11.0 Å². The molecule has 0 radical (unpaired) electrons. The first-order valence-corrected chi connectivity index (χ1v) is 14.4.